The van der Waals surface area contributed by atoms with Gasteiger partial charge in [-0.1, -0.05) is 24.3 Å². The molecular formula is C20H22N2O2. The van der Waals surface area contributed by atoms with Crippen molar-refractivity contribution in [3.05, 3.63) is 42.0 Å². The van der Waals surface area contributed by atoms with Gasteiger partial charge in [0.25, 0.3) is 0 Å². The monoisotopic (exact) mass is 322 g/mol. The van der Waals surface area contributed by atoms with Crippen LogP contribution in [0.2, 0.25) is 0 Å². The van der Waals surface area contributed by atoms with Crippen molar-refractivity contribution in [3.8, 4) is 6.07 Å². The molecule has 2 aromatic carbocycles. The first-order valence-corrected chi connectivity index (χ1v) is 8.55. The molecule has 0 bridgehead atoms. The van der Waals surface area contributed by atoms with Gasteiger partial charge in [-0.25, -0.2) is 0 Å². The van der Waals surface area contributed by atoms with Crippen LogP contribution in [0.5, 0.6) is 0 Å². The second-order valence-electron chi connectivity index (χ2n) is 6.23. The molecule has 0 N–H and O–H groups in total. The molecule has 1 fully saturated rings. The van der Waals surface area contributed by atoms with E-state index in [2.05, 4.69) is 17.0 Å². The van der Waals surface area contributed by atoms with E-state index in [9.17, 15) is 10.1 Å². The first-order chi connectivity index (χ1) is 11.7. The minimum absolute atomic E-state index is 0.0835. The number of esters is 1. The van der Waals surface area contributed by atoms with E-state index in [0.717, 1.165) is 36.7 Å². The SMILES string of the molecule is CCOC(=O)CC1CCN(c2ccc(C#N)c3ccccc23)CC1. The Hall–Kier alpha value is -2.54. The fourth-order valence-electron chi connectivity index (χ4n) is 3.49. The molecule has 0 atom stereocenters. The van der Waals surface area contributed by atoms with Gasteiger partial charge in [-0.3, -0.25) is 4.79 Å². The topological polar surface area (TPSA) is 53.3 Å². The number of nitriles is 1. The number of hydrogen-bond acceptors (Lipinski definition) is 4. The molecule has 3 rings (SSSR count). The van der Waals surface area contributed by atoms with Gasteiger partial charge in [0, 0.05) is 36.0 Å². The van der Waals surface area contributed by atoms with Gasteiger partial charge in [0.05, 0.1) is 18.2 Å². The van der Waals surface area contributed by atoms with E-state index < -0.39 is 0 Å². The lowest BCUT2D eigenvalue weighted by Crippen LogP contribution is -2.34. The summed E-state index contributed by atoms with van der Waals surface area (Å²) in [6.07, 6.45) is 2.51. The predicted octanol–water partition coefficient (Wildman–Crippen LogP) is 3.88. The highest BCUT2D eigenvalue weighted by Gasteiger charge is 2.23. The Morgan fingerprint density at radius 3 is 2.58 bits per heavy atom. The second kappa shape index (κ2) is 7.35. The summed E-state index contributed by atoms with van der Waals surface area (Å²) in [6.45, 7) is 4.16. The average Bonchev–Trinajstić information content (AvgIpc) is 2.62. The molecule has 0 aromatic heterocycles. The fraction of sp³-hybridized carbons (Fsp3) is 0.400. The van der Waals surface area contributed by atoms with E-state index >= 15 is 0 Å². The lowest BCUT2D eigenvalue weighted by molar-refractivity contribution is -0.144. The number of rotatable bonds is 4. The summed E-state index contributed by atoms with van der Waals surface area (Å²) < 4.78 is 5.06. The van der Waals surface area contributed by atoms with Crippen LogP contribution in [-0.4, -0.2) is 25.7 Å². The molecule has 0 aliphatic carbocycles. The van der Waals surface area contributed by atoms with Crippen LogP contribution in [0.1, 0.15) is 31.7 Å². The molecule has 0 saturated carbocycles. The van der Waals surface area contributed by atoms with E-state index in [-0.39, 0.29) is 5.97 Å². The van der Waals surface area contributed by atoms with Crippen molar-refractivity contribution in [3.63, 3.8) is 0 Å². The van der Waals surface area contributed by atoms with Crippen molar-refractivity contribution >= 4 is 22.4 Å². The van der Waals surface area contributed by atoms with Gasteiger partial charge in [0.15, 0.2) is 0 Å². The maximum absolute atomic E-state index is 11.6. The van der Waals surface area contributed by atoms with Gasteiger partial charge in [-0.2, -0.15) is 5.26 Å². The molecule has 0 spiro atoms. The van der Waals surface area contributed by atoms with Crippen LogP contribution in [-0.2, 0) is 9.53 Å². The molecular weight excluding hydrogens is 300 g/mol. The first kappa shape index (κ1) is 16.3. The molecule has 0 radical (unpaired) electrons. The van der Waals surface area contributed by atoms with Crippen LogP contribution in [0.3, 0.4) is 0 Å². The maximum Gasteiger partial charge on any atom is 0.306 e. The van der Waals surface area contributed by atoms with Gasteiger partial charge >= 0.3 is 5.97 Å². The van der Waals surface area contributed by atoms with E-state index in [1.165, 1.54) is 5.69 Å². The summed E-state index contributed by atoms with van der Waals surface area (Å²) in [5.74, 6) is 0.324. The molecule has 4 nitrogen and oxygen atoms in total. The molecule has 2 aromatic rings. The minimum atomic E-state index is -0.0835. The minimum Gasteiger partial charge on any atom is -0.466 e. The third kappa shape index (κ3) is 3.35. The summed E-state index contributed by atoms with van der Waals surface area (Å²) >= 11 is 0. The number of benzene rings is 2. The molecule has 0 amide bonds. The third-order valence-electron chi connectivity index (χ3n) is 4.74. The Bertz CT molecular complexity index is 771. The van der Waals surface area contributed by atoms with Gasteiger partial charge in [0.2, 0.25) is 0 Å². The van der Waals surface area contributed by atoms with E-state index in [0.29, 0.717) is 24.5 Å². The molecule has 4 heteroatoms. The maximum atomic E-state index is 11.6. The quantitative estimate of drug-likeness (QED) is 0.802. The predicted molar refractivity (Wildman–Crippen MR) is 94.9 cm³/mol. The molecule has 124 valence electrons. The number of ether oxygens (including phenoxy) is 1. The smallest absolute Gasteiger partial charge is 0.306 e. The van der Waals surface area contributed by atoms with Crippen LogP contribution in [0, 0.1) is 17.2 Å². The highest BCUT2D eigenvalue weighted by molar-refractivity contribution is 5.97. The van der Waals surface area contributed by atoms with Crippen molar-refractivity contribution in [2.24, 2.45) is 5.92 Å². The molecule has 1 saturated heterocycles. The van der Waals surface area contributed by atoms with Crippen LogP contribution >= 0.6 is 0 Å². The number of nitrogens with zero attached hydrogens (tertiary/aromatic N) is 2. The van der Waals surface area contributed by atoms with Crippen LogP contribution < -0.4 is 4.90 Å². The molecule has 1 aliphatic heterocycles. The molecule has 0 unspecified atom stereocenters. The Morgan fingerprint density at radius 2 is 1.92 bits per heavy atom. The zero-order valence-corrected chi connectivity index (χ0v) is 14.0. The van der Waals surface area contributed by atoms with Crippen molar-refractivity contribution in [1.29, 1.82) is 5.26 Å². The summed E-state index contributed by atoms with van der Waals surface area (Å²) in [6, 6.07) is 14.3. The zero-order chi connectivity index (χ0) is 16.9. The summed E-state index contributed by atoms with van der Waals surface area (Å²) in [7, 11) is 0. The van der Waals surface area contributed by atoms with Crippen molar-refractivity contribution in [2.45, 2.75) is 26.2 Å². The Morgan fingerprint density at radius 1 is 1.21 bits per heavy atom. The summed E-state index contributed by atoms with van der Waals surface area (Å²) in [5, 5.41) is 11.4. The molecule has 24 heavy (non-hydrogen) atoms. The van der Waals surface area contributed by atoms with Gasteiger partial charge in [-0.15, -0.1) is 0 Å². The van der Waals surface area contributed by atoms with Crippen LogP contribution in [0.15, 0.2) is 36.4 Å². The third-order valence-corrected chi connectivity index (χ3v) is 4.74. The number of piperidine rings is 1. The number of carbonyl (C=O) groups excluding carboxylic acids is 1. The molecule has 1 aliphatic rings. The zero-order valence-electron chi connectivity index (χ0n) is 14.0. The highest BCUT2D eigenvalue weighted by atomic mass is 16.5. The van der Waals surface area contributed by atoms with E-state index in [1.54, 1.807) is 0 Å². The van der Waals surface area contributed by atoms with E-state index in [4.69, 9.17) is 4.74 Å². The van der Waals surface area contributed by atoms with Crippen molar-refractivity contribution in [1.82, 2.24) is 0 Å². The lowest BCUT2D eigenvalue weighted by atomic mass is 9.92. The number of carbonyl (C=O) groups is 1. The summed E-state index contributed by atoms with van der Waals surface area (Å²) in [5.41, 5.74) is 1.89. The second-order valence-corrected chi connectivity index (χ2v) is 6.23. The largest absolute Gasteiger partial charge is 0.466 e. The standard InChI is InChI=1S/C20H22N2O2/c1-2-24-20(23)13-15-9-11-22(12-10-15)19-8-7-16(14-21)17-5-3-4-6-18(17)19/h3-8,15H,2,9-13H2,1H3. The van der Waals surface area contributed by atoms with Crippen LogP contribution in [0.4, 0.5) is 5.69 Å². The van der Waals surface area contributed by atoms with E-state index in [1.807, 2.05) is 37.3 Å². The highest BCUT2D eigenvalue weighted by Crippen LogP contribution is 2.32. The van der Waals surface area contributed by atoms with Gasteiger partial charge in [0.1, 0.15) is 0 Å². The van der Waals surface area contributed by atoms with Gasteiger partial charge in [-0.05, 0) is 37.8 Å². The lowest BCUT2D eigenvalue weighted by Gasteiger charge is -2.34. The first-order valence-electron chi connectivity index (χ1n) is 8.55. The average molecular weight is 322 g/mol. The van der Waals surface area contributed by atoms with Crippen LogP contribution in [0.25, 0.3) is 10.8 Å². The Labute approximate surface area is 142 Å². The number of hydrogen-bond donors (Lipinski definition) is 0. The Balaban J connectivity index is 1.75. The number of fused-ring (bicyclic) bond motifs is 1. The Kier molecular flexibility index (Phi) is 5.00. The van der Waals surface area contributed by atoms with Crippen molar-refractivity contribution < 1.29 is 9.53 Å². The van der Waals surface area contributed by atoms with Gasteiger partial charge < -0.3 is 9.64 Å². The van der Waals surface area contributed by atoms with Crippen molar-refractivity contribution in [2.75, 3.05) is 24.6 Å². The fourth-order valence-corrected chi connectivity index (χ4v) is 3.49. The normalized spacial score (nSPS) is 15.2. The summed E-state index contributed by atoms with van der Waals surface area (Å²) in [4.78, 5) is 14.0. The number of anilines is 1. The molecule has 1 heterocycles.